The Morgan fingerprint density at radius 3 is 1.22 bits per heavy atom. The number of hydrogen-bond donors (Lipinski definition) is 0. The van der Waals surface area contributed by atoms with E-state index in [0.29, 0.717) is 0 Å². The molecule has 2 heteroatoms. The van der Waals surface area contributed by atoms with E-state index in [1.165, 1.54) is 101 Å². The van der Waals surface area contributed by atoms with E-state index in [4.69, 9.17) is 0 Å². The van der Waals surface area contributed by atoms with E-state index >= 15 is 0 Å². The van der Waals surface area contributed by atoms with Gasteiger partial charge in [0.1, 0.15) is 0 Å². The van der Waals surface area contributed by atoms with Gasteiger partial charge in [0.15, 0.2) is 0 Å². The van der Waals surface area contributed by atoms with Gasteiger partial charge in [0.2, 0.25) is 0 Å². The first-order chi connectivity index (χ1) is 15.8. The zero-order valence-corrected chi connectivity index (χ0v) is 20.5. The van der Waals surface area contributed by atoms with Crippen LogP contribution >= 0.6 is 22.7 Å². The third-order valence-electron chi connectivity index (χ3n) is 6.88. The molecule has 2 aromatic heterocycles. The average Bonchev–Trinajstić information content (AvgIpc) is 3.40. The highest BCUT2D eigenvalue weighted by atomic mass is 32.1. The van der Waals surface area contributed by atoms with Crippen LogP contribution in [0, 0.1) is 0 Å². The van der Waals surface area contributed by atoms with E-state index < -0.39 is 0 Å². The molecule has 2 heterocycles. The number of thiophene rings is 2. The minimum Gasteiger partial charge on any atom is -0.134 e. The summed E-state index contributed by atoms with van der Waals surface area (Å²) in [5.41, 5.74) is 3.03. The highest BCUT2D eigenvalue weighted by Gasteiger charge is 2.15. The lowest BCUT2D eigenvalue weighted by Gasteiger charge is -2.02. The van der Waals surface area contributed by atoms with E-state index in [0.717, 1.165) is 0 Å². The summed E-state index contributed by atoms with van der Waals surface area (Å²) in [5, 5.41) is 8.52. The van der Waals surface area contributed by atoms with E-state index in [9.17, 15) is 0 Å². The average molecular weight is 453 g/mol. The third-order valence-corrected chi connectivity index (χ3v) is 9.54. The van der Waals surface area contributed by atoms with Gasteiger partial charge in [-0.05, 0) is 36.8 Å². The molecule has 32 heavy (non-hydrogen) atoms. The first-order valence-corrected chi connectivity index (χ1v) is 13.6. The standard InChI is InChI=1S/C30H28S2/c1-3-5-9-19-11-7-13-21-23-15-17-26-25(29(23)31-27(19)21)18-16-24-22-14-8-12-20(10-6-4-2)28(22)32-30(24)26/h7-8,11-18H,3-6,9-10H2,1-2H3. The van der Waals surface area contributed by atoms with Crippen LogP contribution < -0.4 is 0 Å². The summed E-state index contributed by atoms with van der Waals surface area (Å²) in [6.45, 7) is 4.56. The fourth-order valence-electron chi connectivity index (χ4n) is 5.16. The topological polar surface area (TPSA) is 0 Å². The number of aryl methyl sites for hydroxylation is 2. The summed E-state index contributed by atoms with van der Waals surface area (Å²) >= 11 is 4.01. The van der Waals surface area contributed by atoms with Crippen LogP contribution in [0.2, 0.25) is 0 Å². The summed E-state index contributed by atoms with van der Waals surface area (Å²) in [6.07, 6.45) is 7.37. The van der Waals surface area contributed by atoms with Crippen LogP contribution in [0.3, 0.4) is 0 Å². The Bertz CT molecular complexity index is 1470. The molecule has 0 N–H and O–H groups in total. The van der Waals surface area contributed by atoms with Crippen molar-refractivity contribution in [2.24, 2.45) is 0 Å². The maximum atomic E-state index is 2.38. The van der Waals surface area contributed by atoms with E-state index in [1.54, 1.807) is 0 Å². The van der Waals surface area contributed by atoms with Gasteiger partial charge in [0, 0.05) is 51.1 Å². The molecule has 0 saturated carbocycles. The number of hydrogen-bond acceptors (Lipinski definition) is 2. The molecular formula is C30H28S2. The Labute approximate surface area is 197 Å². The van der Waals surface area contributed by atoms with Gasteiger partial charge in [-0.1, -0.05) is 87.4 Å². The smallest absolute Gasteiger partial charge is 0.0434 e. The molecule has 4 aromatic carbocycles. The summed E-state index contributed by atoms with van der Waals surface area (Å²) in [5.74, 6) is 0. The quantitative estimate of drug-likeness (QED) is 0.236. The number of unbranched alkanes of at least 4 members (excludes halogenated alkanes) is 2. The van der Waals surface area contributed by atoms with Crippen molar-refractivity contribution in [1.29, 1.82) is 0 Å². The Morgan fingerprint density at radius 2 is 0.844 bits per heavy atom. The van der Waals surface area contributed by atoms with Gasteiger partial charge in [-0.25, -0.2) is 0 Å². The normalized spacial score (nSPS) is 12.2. The van der Waals surface area contributed by atoms with E-state index in [1.807, 2.05) is 22.7 Å². The fraction of sp³-hybridized carbons (Fsp3) is 0.267. The first-order valence-electron chi connectivity index (χ1n) is 12.0. The zero-order valence-electron chi connectivity index (χ0n) is 18.8. The van der Waals surface area contributed by atoms with Crippen molar-refractivity contribution in [1.82, 2.24) is 0 Å². The Balaban J connectivity index is 1.63. The molecule has 0 aliphatic heterocycles. The van der Waals surface area contributed by atoms with Crippen molar-refractivity contribution in [3.63, 3.8) is 0 Å². The Hall–Kier alpha value is -2.42. The van der Waals surface area contributed by atoms with Gasteiger partial charge in [-0.3, -0.25) is 0 Å². The van der Waals surface area contributed by atoms with Gasteiger partial charge in [-0.2, -0.15) is 0 Å². The van der Waals surface area contributed by atoms with Crippen molar-refractivity contribution >= 4 is 73.8 Å². The second-order valence-electron chi connectivity index (χ2n) is 8.98. The summed E-state index contributed by atoms with van der Waals surface area (Å²) in [7, 11) is 0. The molecule has 0 bridgehead atoms. The zero-order chi connectivity index (χ0) is 21.7. The lowest BCUT2D eigenvalue weighted by Crippen LogP contribution is -1.83. The van der Waals surface area contributed by atoms with Crippen LogP contribution in [0.25, 0.3) is 51.1 Å². The molecule has 0 unspecified atom stereocenters. The largest absolute Gasteiger partial charge is 0.134 e. The van der Waals surface area contributed by atoms with Crippen LogP contribution in [-0.4, -0.2) is 0 Å². The lowest BCUT2D eigenvalue weighted by molar-refractivity contribution is 0.799. The van der Waals surface area contributed by atoms with Gasteiger partial charge in [0.25, 0.3) is 0 Å². The Morgan fingerprint density at radius 1 is 0.469 bits per heavy atom. The van der Waals surface area contributed by atoms with Crippen molar-refractivity contribution in [2.45, 2.75) is 52.4 Å². The predicted molar refractivity (Wildman–Crippen MR) is 147 cm³/mol. The van der Waals surface area contributed by atoms with Gasteiger partial charge in [0.05, 0.1) is 0 Å². The number of benzene rings is 4. The minimum absolute atomic E-state index is 1.18. The van der Waals surface area contributed by atoms with Crippen LogP contribution in [0.5, 0.6) is 0 Å². The molecule has 0 nitrogen and oxygen atoms in total. The van der Waals surface area contributed by atoms with Crippen LogP contribution in [0.15, 0.2) is 60.7 Å². The molecule has 0 aliphatic carbocycles. The lowest BCUT2D eigenvalue weighted by atomic mass is 10.0. The van der Waals surface area contributed by atoms with Gasteiger partial charge < -0.3 is 0 Å². The summed E-state index contributed by atoms with van der Waals surface area (Å²) in [4.78, 5) is 0. The van der Waals surface area contributed by atoms with E-state index in [2.05, 4.69) is 74.5 Å². The van der Waals surface area contributed by atoms with Crippen LogP contribution in [0.4, 0.5) is 0 Å². The van der Waals surface area contributed by atoms with Gasteiger partial charge >= 0.3 is 0 Å². The van der Waals surface area contributed by atoms with Crippen molar-refractivity contribution in [3.05, 3.63) is 71.8 Å². The van der Waals surface area contributed by atoms with Crippen molar-refractivity contribution in [2.75, 3.05) is 0 Å². The Kier molecular flexibility index (Phi) is 5.16. The molecule has 0 spiro atoms. The van der Waals surface area contributed by atoms with E-state index in [-0.39, 0.29) is 0 Å². The molecule has 6 rings (SSSR count). The second kappa shape index (κ2) is 8.17. The first kappa shape index (κ1) is 20.2. The molecule has 6 aromatic rings. The SMILES string of the molecule is CCCCc1cccc2c1sc1c2ccc2c1ccc1c3cccc(CCCC)c3sc12. The van der Waals surface area contributed by atoms with Crippen LogP contribution in [0.1, 0.15) is 50.7 Å². The highest BCUT2D eigenvalue weighted by Crippen LogP contribution is 2.45. The maximum Gasteiger partial charge on any atom is 0.0434 e. The molecule has 0 radical (unpaired) electrons. The second-order valence-corrected chi connectivity index (χ2v) is 11.0. The highest BCUT2D eigenvalue weighted by molar-refractivity contribution is 7.28. The monoisotopic (exact) mass is 452 g/mol. The molecule has 0 atom stereocenters. The molecule has 0 aliphatic rings. The molecule has 0 saturated heterocycles. The van der Waals surface area contributed by atoms with Crippen LogP contribution in [-0.2, 0) is 12.8 Å². The summed E-state index contributed by atoms with van der Waals surface area (Å²) < 4.78 is 5.88. The summed E-state index contributed by atoms with van der Waals surface area (Å²) in [6, 6.07) is 23.3. The molecular weight excluding hydrogens is 424 g/mol. The molecule has 0 amide bonds. The fourth-order valence-corrected chi connectivity index (χ4v) is 7.90. The third kappa shape index (κ3) is 3.08. The predicted octanol–water partition coefficient (Wildman–Crippen LogP) is 10.3. The van der Waals surface area contributed by atoms with Gasteiger partial charge in [-0.15, -0.1) is 22.7 Å². The number of rotatable bonds is 6. The van der Waals surface area contributed by atoms with Crippen molar-refractivity contribution in [3.8, 4) is 0 Å². The molecule has 0 fully saturated rings. The number of fused-ring (bicyclic) bond motifs is 9. The van der Waals surface area contributed by atoms with Crippen molar-refractivity contribution < 1.29 is 0 Å². The molecule has 160 valence electrons. The minimum atomic E-state index is 1.18. The maximum absolute atomic E-state index is 2.38.